The van der Waals surface area contributed by atoms with Crippen molar-refractivity contribution in [2.45, 2.75) is 43.5 Å². The van der Waals surface area contributed by atoms with Gasteiger partial charge >= 0.3 is 0 Å². The van der Waals surface area contributed by atoms with Crippen molar-refractivity contribution in [3.63, 3.8) is 0 Å². The molecular weight excluding hydrogens is 196 g/mol. The second kappa shape index (κ2) is 3.85. The van der Waals surface area contributed by atoms with Crippen LogP contribution in [-0.4, -0.2) is 43.9 Å². The summed E-state index contributed by atoms with van der Waals surface area (Å²) in [5, 5.41) is 0. The van der Waals surface area contributed by atoms with Gasteiger partial charge in [-0.2, -0.15) is 0 Å². The fourth-order valence-corrected chi connectivity index (χ4v) is 2.54. The molecule has 2 saturated heterocycles. The Morgan fingerprint density at radius 3 is 2.80 bits per heavy atom. The molecule has 2 fully saturated rings. The van der Waals surface area contributed by atoms with Crippen molar-refractivity contribution < 1.29 is 19.0 Å². The predicted octanol–water partition coefficient (Wildman–Crippen LogP) is 0.928. The van der Waals surface area contributed by atoms with Crippen molar-refractivity contribution >= 4 is 6.29 Å². The van der Waals surface area contributed by atoms with Gasteiger partial charge in [0.15, 0.2) is 6.29 Å². The van der Waals surface area contributed by atoms with E-state index in [2.05, 4.69) is 0 Å². The van der Waals surface area contributed by atoms with Crippen LogP contribution < -0.4 is 0 Å². The highest BCUT2D eigenvalue weighted by atomic mass is 16.6. The monoisotopic (exact) mass is 214 g/mol. The smallest absolute Gasteiger partial charge is 0.151 e. The minimum absolute atomic E-state index is 0.0481. The first-order valence-corrected chi connectivity index (χ1v) is 5.41. The summed E-state index contributed by atoms with van der Waals surface area (Å²) in [5.41, 5.74) is -0.934. The molecule has 3 unspecified atom stereocenters. The van der Waals surface area contributed by atoms with Gasteiger partial charge in [0.1, 0.15) is 17.3 Å². The van der Waals surface area contributed by atoms with Gasteiger partial charge in [0.25, 0.3) is 0 Å². The van der Waals surface area contributed by atoms with Gasteiger partial charge in [-0.1, -0.05) is 0 Å². The standard InChI is InChI=1S/C11H18O4/c1-10(8-12)3-4-11(15-10)5-6-14-7-9(11)13-2/h8-9H,3-7H2,1-2H3. The van der Waals surface area contributed by atoms with Crippen molar-refractivity contribution in [2.75, 3.05) is 20.3 Å². The lowest BCUT2D eigenvalue weighted by atomic mass is 9.88. The summed E-state index contributed by atoms with van der Waals surface area (Å²) in [5.74, 6) is 0. The molecule has 2 aliphatic rings. The summed E-state index contributed by atoms with van der Waals surface area (Å²) >= 11 is 0. The predicted molar refractivity (Wildman–Crippen MR) is 53.8 cm³/mol. The fraction of sp³-hybridized carbons (Fsp3) is 0.909. The van der Waals surface area contributed by atoms with Crippen LogP contribution in [0.25, 0.3) is 0 Å². The van der Waals surface area contributed by atoms with E-state index in [4.69, 9.17) is 14.2 Å². The van der Waals surface area contributed by atoms with Crippen LogP contribution >= 0.6 is 0 Å². The maximum absolute atomic E-state index is 11.0. The number of ether oxygens (including phenoxy) is 3. The van der Waals surface area contributed by atoms with Crippen molar-refractivity contribution in [1.82, 2.24) is 0 Å². The van der Waals surface area contributed by atoms with Crippen molar-refractivity contribution in [3.05, 3.63) is 0 Å². The van der Waals surface area contributed by atoms with Gasteiger partial charge in [0, 0.05) is 20.1 Å². The molecule has 2 rings (SSSR count). The van der Waals surface area contributed by atoms with E-state index in [1.165, 1.54) is 0 Å². The summed E-state index contributed by atoms with van der Waals surface area (Å²) < 4.78 is 16.7. The summed E-state index contributed by atoms with van der Waals surface area (Å²) in [6.45, 7) is 3.09. The maximum atomic E-state index is 11.0. The topological polar surface area (TPSA) is 44.8 Å². The largest absolute Gasteiger partial charge is 0.379 e. The first-order chi connectivity index (χ1) is 7.14. The summed E-state index contributed by atoms with van der Waals surface area (Å²) in [6, 6.07) is 0. The van der Waals surface area contributed by atoms with E-state index in [0.29, 0.717) is 13.2 Å². The zero-order chi connectivity index (χ0) is 10.9. The highest BCUT2D eigenvalue weighted by molar-refractivity contribution is 5.62. The number of aldehydes is 1. The maximum Gasteiger partial charge on any atom is 0.151 e. The average molecular weight is 214 g/mol. The molecule has 0 bridgehead atoms. The van der Waals surface area contributed by atoms with Gasteiger partial charge in [-0.15, -0.1) is 0 Å². The highest BCUT2D eigenvalue weighted by Gasteiger charge is 2.52. The molecule has 0 aromatic carbocycles. The number of hydrogen-bond donors (Lipinski definition) is 0. The van der Waals surface area contributed by atoms with Gasteiger partial charge in [0.2, 0.25) is 0 Å². The molecule has 0 amide bonds. The van der Waals surface area contributed by atoms with Gasteiger partial charge in [-0.3, -0.25) is 0 Å². The second-order valence-corrected chi connectivity index (χ2v) is 4.65. The van der Waals surface area contributed by atoms with E-state index < -0.39 is 5.60 Å². The molecule has 4 heteroatoms. The summed E-state index contributed by atoms with van der Waals surface area (Å²) in [7, 11) is 1.67. The van der Waals surface area contributed by atoms with Gasteiger partial charge in [0.05, 0.1) is 6.61 Å². The Hall–Kier alpha value is -0.450. The Labute approximate surface area is 89.9 Å². The van der Waals surface area contributed by atoms with Crippen molar-refractivity contribution in [2.24, 2.45) is 0 Å². The number of carbonyl (C=O) groups is 1. The molecule has 0 saturated carbocycles. The second-order valence-electron chi connectivity index (χ2n) is 4.65. The van der Waals surface area contributed by atoms with Crippen LogP contribution in [0.5, 0.6) is 0 Å². The molecule has 1 spiro atoms. The normalized spacial score (nSPS) is 45.9. The quantitative estimate of drug-likeness (QED) is 0.641. The first-order valence-electron chi connectivity index (χ1n) is 5.41. The Kier molecular flexibility index (Phi) is 2.83. The molecule has 86 valence electrons. The molecule has 4 nitrogen and oxygen atoms in total. The lowest BCUT2D eigenvalue weighted by Crippen LogP contribution is -2.51. The Morgan fingerprint density at radius 1 is 1.40 bits per heavy atom. The van der Waals surface area contributed by atoms with Crippen LogP contribution in [0, 0.1) is 0 Å². The van der Waals surface area contributed by atoms with E-state index in [-0.39, 0.29) is 11.7 Å². The van der Waals surface area contributed by atoms with Crippen LogP contribution in [0.3, 0.4) is 0 Å². The third-order valence-corrected chi connectivity index (χ3v) is 3.54. The first kappa shape index (κ1) is 11.0. The van der Waals surface area contributed by atoms with Gasteiger partial charge < -0.3 is 19.0 Å². The summed E-state index contributed by atoms with van der Waals surface area (Å²) in [4.78, 5) is 11.0. The molecule has 0 aliphatic carbocycles. The molecule has 0 aromatic heterocycles. The highest BCUT2D eigenvalue weighted by Crippen LogP contribution is 2.43. The number of hydrogen-bond acceptors (Lipinski definition) is 4. The Bertz CT molecular complexity index is 255. The molecule has 2 heterocycles. The minimum atomic E-state index is -0.631. The molecule has 15 heavy (non-hydrogen) atoms. The van der Waals surface area contributed by atoms with E-state index in [0.717, 1.165) is 25.5 Å². The lowest BCUT2D eigenvalue weighted by Gasteiger charge is -2.40. The summed E-state index contributed by atoms with van der Waals surface area (Å²) in [6.07, 6.45) is 3.33. The molecule has 0 radical (unpaired) electrons. The van der Waals surface area contributed by atoms with Crippen LogP contribution in [-0.2, 0) is 19.0 Å². The molecule has 2 aliphatic heterocycles. The van der Waals surface area contributed by atoms with Crippen molar-refractivity contribution in [1.29, 1.82) is 0 Å². The van der Waals surface area contributed by atoms with Crippen molar-refractivity contribution in [3.8, 4) is 0 Å². The van der Waals surface area contributed by atoms with Crippen LogP contribution in [0.4, 0.5) is 0 Å². The number of methoxy groups -OCH3 is 1. The zero-order valence-corrected chi connectivity index (χ0v) is 9.32. The molecule has 0 N–H and O–H groups in total. The zero-order valence-electron chi connectivity index (χ0n) is 9.32. The molecular formula is C11H18O4. The minimum Gasteiger partial charge on any atom is -0.379 e. The van der Waals surface area contributed by atoms with Crippen LogP contribution in [0.1, 0.15) is 26.2 Å². The number of rotatable bonds is 2. The lowest BCUT2D eigenvalue weighted by molar-refractivity contribution is -0.201. The van der Waals surface area contributed by atoms with E-state index in [1.807, 2.05) is 6.92 Å². The Morgan fingerprint density at radius 2 is 2.20 bits per heavy atom. The SMILES string of the molecule is COC1COCCC12CCC(C)(C=O)O2. The van der Waals surface area contributed by atoms with Gasteiger partial charge in [-0.25, -0.2) is 0 Å². The van der Waals surface area contributed by atoms with E-state index in [9.17, 15) is 4.79 Å². The Balaban J connectivity index is 2.15. The fourth-order valence-electron chi connectivity index (χ4n) is 2.54. The van der Waals surface area contributed by atoms with E-state index in [1.54, 1.807) is 7.11 Å². The average Bonchev–Trinajstić information content (AvgIpc) is 2.59. The van der Waals surface area contributed by atoms with Crippen LogP contribution in [0.2, 0.25) is 0 Å². The molecule has 0 aromatic rings. The third-order valence-electron chi connectivity index (χ3n) is 3.54. The third kappa shape index (κ3) is 1.82. The van der Waals surface area contributed by atoms with Gasteiger partial charge in [-0.05, 0) is 19.8 Å². The van der Waals surface area contributed by atoms with E-state index >= 15 is 0 Å². The number of carbonyl (C=O) groups excluding carboxylic acids is 1. The molecule has 3 atom stereocenters. The van der Waals surface area contributed by atoms with Crippen LogP contribution in [0.15, 0.2) is 0 Å².